The van der Waals surface area contributed by atoms with Crippen LogP contribution in [0.4, 0.5) is 0 Å². The molecule has 0 radical (unpaired) electrons. The maximum absolute atomic E-state index is 13.0. The zero-order valence-electron chi connectivity index (χ0n) is 18.0. The molecule has 1 aromatic heterocycles. The molecule has 1 saturated carbocycles. The molecule has 30 heavy (non-hydrogen) atoms. The topological polar surface area (TPSA) is 78.4 Å². The van der Waals surface area contributed by atoms with Crippen molar-refractivity contribution >= 4 is 22.8 Å². The summed E-state index contributed by atoms with van der Waals surface area (Å²) in [6, 6.07) is 7.79. The van der Waals surface area contributed by atoms with Gasteiger partial charge >= 0.3 is 5.69 Å². The molecule has 7 nitrogen and oxygen atoms in total. The molecule has 2 amide bonds. The van der Waals surface area contributed by atoms with Crippen molar-refractivity contribution in [2.24, 2.45) is 17.8 Å². The van der Waals surface area contributed by atoms with Crippen molar-refractivity contribution in [1.82, 2.24) is 19.4 Å². The highest BCUT2D eigenvalue weighted by atomic mass is 16.2. The molecule has 162 valence electrons. The van der Waals surface area contributed by atoms with Gasteiger partial charge in [0.2, 0.25) is 11.8 Å². The SMILES string of the molecule is CC(C)C(=O)N1CCN(C(=O)C2CCC(Cn3c(=O)[nH]c4ccccc43)CC2)CC1. The Hall–Kier alpha value is -2.57. The predicted octanol–water partition coefficient (Wildman–Crippen LogP) is 2.46. The van der Waals surface area contributed by atoms with Crippen molar-refractivity contribution in [2.45, 2.75) is 46.1 Å². The van der Waals surface area contributed by atoms with Crippen molar-refractivity contribution in [3.8, 4) is 0 Å². The van der Waals surface area contributed by atoms with E-state index in [0.717, 1.165) is 36.7 Å². The first-order chi connectivity index (χ1) is 14.4. The Morgan fingerprint density at radius 3 is 2.30 bits per heavy atom. The zero-order valence-corrected chi connectivity index (χ0v) is 18.0. The third-order valence-electron chi connectivity index (χ3n) is 6.72. The minimum Gasteiger partial charge on any atom is -0.339 e. The van der Waals surface area contributed by atoms with Crippen LogP contribution in [0.15, 0.2) is 29.1 Å². The van der Waals surface area contributed by atoms with E-state index in [0.29, 0.717) is 38.6 Å². The maximum atomic E-state index is 13.0. The minimum absolute atomic E-state index is 0.00665. The number of aromatic nitrogens is 2. The molecule has 2 aliphatic rings. The average molecular weight is 413 g/mol. The van der Waals surface area contributed by atoms with Gasteiger partial charge in [-0.25, -0.2) is 4.79 Å². The van der Waals surface area contributed by atoms with Crippen LogP contribution in [0.5, 0.6) is 0 Å². The molecule has 0 unspecified atom stereocenters. The molecule has 2 fully saturated rings. The fourth-order valence-electron chi connectivity index (χ4n) is 4.91. The number of rotatable bonds is 4. The second kappa shape index (κ2) is 8.66. The summed E-state index contributed by atoms with van der Waals surface area (Å²) in [5, 5.41) is 0. The second-order valence-electron chi connectivity index (χ2n) is 9.08. The number of carbonyl (C=O) groups excluding carboxylic acids is 2. The molecule has 7 heteroatoms. The van der Waals surface area contributed by atoms with Crippen molar-refractivity contribution in [2.75, 3.05) is 26.2 Å². The van der Waals surface area contributed by atoms with Crippen LogP contribution in [-0.2, 0) is 16.1 Å². The summed E-state index contributed by atoms with van der Waals surface area (Å²) in [7, 11) is 0. The van der Waals surface area contributed by atoms with E-state index >= 15 is 0 Å². The summed E-state index contributed by atoms with van der Waals surface area (Å²) in [6.45, 7) is 7.11. The van der Waals surface area contributed by atoms with Gasteiger partial charge in [0.05, 0.1) is 11.0 Å². The lowest BCUT2D eigenvalue weighted by Gasteiger charge is -2.38. The van der Waals surface area contributed by atoms with E-state index in [1.165, 1.54) is 0 Å². The van der Waals surface area contributed by atoms with Crippen LogP contribution >= 0.6 is 0 Å². The molecule has 2 aromatic rings. The number of aromatic amines is 1. The molecule has 0 spiro atoms. The smallest absolute Gasteiger partial charge is 0.326 e. The number of benzene rings is 1. The van der Waals surface area contributed by atoms with Crippen LogP contribution < -0.4 is 5.69 Å². The van der Waals surface area contributed by atoms with E-state index in [4.69, 9.17) is 0 Å². The fraction of sp³-hybridized carbons (Fsp3) is 0.609. The lowest BCUT2D eigenvalue weighted by molar-refractivity contribution is -0.144. The number of amides is 2. The largest absolute Gasteiger partial charge is 0.339 e. The number of hydrogen-bond donors (Lipinski definition) is 1. The molecule has 1 aromatic carbocycles. The first kappa shape index (κ1) is 20.7. The summed E-state index contributed by atoms with van der Waals surface area (Å²) < 4.78 is 1.84. The number of nitrogens with one attached hydrogen (secondary N) is 1. The molecule has 4 rings (SSSR count). The van der Waals surface area contributed by atoms with Gasteiger partial charge in [0, 0.05) is 44.6 Å². The van der Waals surface area contributed by atoms with Crippen LogP contribution in [-0.4, -0.2) is 57.3 Å². The normalized spacial score (nSPS) is 22.6. The van der Waals surface area contributed by atoms with Crippen LogP contribution in [0.25, 0.3) is 11.0 Å². The number of fused-ring (bicyclic) bond motifs is 1. The molecule has 0 bridgehead atoms. The van der Waals surface area contributed by atoms with Crippen LogP contribution in [0, 0.1) is 17.8 Å². The van der Waals surface area contributed by atoms with Gasteiger partial charge in [0.1, 0.15) is 0 Å². The van der Waals surface area contributed by atoms with E-state index in [1.807, 2.05) is 52.5 Å². The summed E-state index contributed by atoms with van der Waals surface area (Å²) >= 11 is 0. The Morgan fingerprint density at radius 1 is 1.00 bits per heavy atom. The number of hydrogen-bond acceptors (Lipinski definition) is 3. The number of carbonyl (C=O) groups is 2. The number of imidazole rings is 1. The van der Waals surface area contributed by atoms with Crippen molar-refractivity contribution in [3.63, 3.8) is 0 Å². The Balaban J connectivity index is 1.29. The van der Waals surface area contributed by atoms with E-state index < -0.39 is 0 Å². The quantitative estimate of drug-likeness (QED) is 0.838. The number of piperazine rings is 1. The minimum atomic E-state index is -0.0526. The highest BCUT2D eigenvalue weighted by Gasteiger charge is 2.32. The standard InChI is InChI=1S/C23H32N4O3/c1-16(2)21(28)25-11-13-26(14-12-25)22(29)18-9-7-17(8-10-18)15-27-20-6-4-3-5-19(20)24-23(27)30/h3-6,16-18H,7-15H2,1-2H3,(H,24,30). The molecular formula is C23H32N4O3. The summed E-state index contributed by atoms with van der Waals surface area (Å²) in [4.78, 5) is 44.2. The van der Waals surface area contributed by atoms with E-state index in [2.05, 4.69) is 4.98 Å². The number of H-pyrrole nitrogens is 1. The fourth-order valence-corrected chi connectivity index (χ4v) is 4.91. The van der Waals surface area contributed by atoms with Crippen molar-refractivity contribution in [3.05, 3.63) is 34.7 Å². The van der Waals surface area contributed by atoms with Gasteiger partial charge in [-0.15, -0.1) is 0 Å². The Morgan fingerprint density at radius 2 is 1.63 bits per heavy atom. The molecule has 1 N–H and O–H groups in total. The Labute approximate surface area is 177 Å². The van der Waals surface area contributed by atoms with Gasteiger partial charge < -0.3 is 14.8 Å². The molecule has 0 atom stereocenters. The molecule has 1 aliphatic heterocycles. The van der Waals surface area contributed by atoms with Crippen LogP contribution in [0.2, 0.25) is 0 Å². The summed E-state index contributed by atoms with van der Waals surface area (Å²) in [5.74, 6) is 0.927. The molecule has 2 heterocycles. The molecular weight excluding hydrogens is 380 g/mol. The first-order valence-corrected chi connectivity index (χ1v) is 11.2. The zero-order chi connectivity index (χ0) is 21.3. The number of nitrogens with zero attached hydrogens (tertiary/aromatic N) is 3. The lowest BCUT2D eigenvalue weighted by Crippen LogP contribution is -2.53. The maximum Gasteiger partial charge on any atom is 0.326 e. The lowest BCUT2D eigenvalue weighted by atomic mass is 9.81. The predicted molar refractivity (Wildman–Crippen MR) is 116 cm³/mol. The van der Waals surface area contributed by atoms with Gasteiger partial charge in [0.25, 0.3) is 0 Å². The number of para-hydroxylation sites is 2. The Bertz CT molecular complexity index is 960. The van der Waals surface area contributed by atoms with Gasteiger partial charge in [0.15, 0.2) is 0 Å². The monoisotopic (exact) mass is 412 g/mol. The molecule has 1 saturated heterocycles. The summed E-state index contributed by atoms with van der Waals surface area (Å²) in [5.41, 5.74) is 1.78. The van der Waals surface area contributed by atoms with Gasteiger partial charge in [-0.3, -0.25) is 14.2 Å². The Kier molecular flexibility index (Phi) is 5.97. The third-order valence-corrected chi connectivity index (χ3v) is 6.72. The first-order valence-electron chi connectivity index (χ1n) is 11.2. The van der Waals surface area contributed by atoms with Crippen molar-refractivity contribution in [1.29, 1.82) is 0 Å². The molecule has 1 aliphatic carbocycles. The van der Waals surface area contributed by atoms with Gasteiger partial charge in [-0.1, -0.05) is 26.0 Å². The van der Waals surface area contributed by atoms with E-state index in [1.54, 1.807) is 0 Å². The summed E-state index contributed by atoms with van der Waals surface area (Å²) in [6.07, 6.45) is 3.69. The van der Waals surface area contributed by atoms with Crippen LogP contribution in [0.1, 0.15) is 39.5 Å². The van der Waals surface area contributed by atoms with Crippen molar-refractivity contribution < 1.29 is 9.59 Å². The highest BCUT2D eigenvalue weighted by molar-refractivity contribution is 5.81. The second-order valence-corrected chi connectivity index (χ2v) is 9.08. The van der Waals surface area contributed by atoms with E-state index in [-0.39, 0.29) is 29.3 Å². The van der Waals surface area contributed by atoms with Crippen LogP contribution in [0.3, 0.4) is 0 Å². The van der Waals surface area contributed by atoms with Gasteiger partial charge in [-0.2, -0.15) is 0 Å². The third kappa shape index (κ3) is 4.16. The van der Waals surface area contributed by atoms with Gasteiger partial charge in [-0.05, 0) is 43.7 Å². The average Bonchev–Trinajstić information content (AvgIpc) is 3.08. The van der Waals surface area contributed by atoms with E-state index in [9.17, 15) is 14.4 Å². The highest BCUT2D eigenvalue weighted by Crippen LogP contribution is 2.31.